The summed E-state index contributed by atoms with van der Waals surface area (Å²) in [4.78, 5) is 10.7. The van der Waals surface area contributed by atoms with Crippen LogP contribution >= 0.6 is 0 Å². The summed E-state index contributed by atoms with van der Waals surface area (Å²) in [6, 6.07) is -0.585. The number of ether oxygens (including phenoxy) is 1. The molecule has 0 saturated heterocycles. The number of aliphatic hydroxyl groups is 1. The van der Waals surface area contributed by atoms with Crippen LogP contribution < -0.4 is 5.73 Å². The molecule has 0 bridgehead atoms. The molecule has 0 spiro atoms. The summed E-state index contributed by atoms with van der Waals surface area (Å²) in [7, 11) is 0. The summed E-state index contributed by atoms with van der Waals surface area (Å²) in [6.07, 6.45) is -1.25. The van der Waals surface area contributed by atoms with E-state index in [4.69, 9.17) is 10.8 Å². The second-order valence-electron chi connectivity index (χ2n) is 2.44. The number of nitrogens with two attached hydrogens (primary N) is 1. The monoisotopic (exact) mass is 159 g/mol. The number of hydrogen-bond acceptors (Lipinski definition) is 4. The molecule has 3 N–H and O–H groups in total. The maximum atomic E-state index is 10.7. The molecule has 0 rings (SSSR count). The van der Waals surface area contributed by atoms with Crippen molar-refractivity contribution in [3.8, 4) is 0 Å². The lowest BCUT2D eigenvalue weighted by Crippen LogP contribution is -2.35. The fourth-order valence-corrected chi connectivity index (χ4v) is 0.318. The van der Waals surface area contributed by atoms with E-state index >= 15 is 0 Å². The molecule has 0 heterocycles. The average Bonchev–Trinajstić information content (AvgIpc) is 1.87. The van der Waals surface area contributed by atoms with Gasteiger partial charge < -0.3 is 15.6 Å². The molecule has 0 aliphatic heterocycles. The molecule has 0 amide bonds. The molecule has 2 atom stereocenters. The van der Waals surface area contributed by atoms with Gasteiger partial charge >= 0.3 is 5.97 Å². The van der Waals surface area contributed by atoms with Crippen LogP contribution in [0.25, 0.3) is 0 Å². The smallest absolute Gasteiger partial charge is 0.335 e. The van der Waals surface area contributed by atoms with Crippen molar-refractivity contribution in [1.29, 1.82) is 0 Å². The third kappa shape index (κ3) is 3.75. The Morgan fingerprint density at radius 3 is 2.45 bits per heavy atom. The molecule has 0 aromatic rings. The summed E-state index contributed by atoms with van der Waals surface area (Å²) in [5.41, 5.74) is 5.47. The molecule has 64 valence electrons. The minimum Gasteiger partial charge on any atom is -0.431 e. The Balaban J connectivity index is 3.85. The van der Waals surface area contributed by atoms with E-state index in [1.54, 1.807) is 0 Å². The maximum absolute atomic E-state index is 10.7. The van der Waals surface area contributed by atoms with Crippen LogP contribution in [-0.4, -0.2) is 23.4 Å². The highest BCUT2D eigenvalue weighted by Gasteiger charge is 2.14. The summed E-state index contributed by atoms with van der Waals surface area (Å²) >= 11 is 0. The fourth-order valence-electron chi connectivity index (χ4n) is 0.318. The largest absolute Gasteiger partial charge is 0.431 e. The first-order valence-corrected chi connectivity index (χ1v) is 3.25. The van der Waals surface area contributed by atoms with Crippen LogP contribution in [0.15, 0.2) is 12.2 Å². The Bertz CT molecular complexity index is 165. The van der Waals surface area contributed by atoms with Crippen LogP contribution in [0.5, 0.6) is 0 Å². The van der Waals surface area contributed by atoms with Crippen LogP contribution in [0.1, 0.15) is 13.8 Å². The quantitative estimate of drug-likeness (QED) is 0.339. The molecule has 0 aromatic heterocycles. The molecule has 0 aliphatic carbocycles. The Kier molecular flexibility index (Phi) is 3.78. The van der Waals surface area contributed by atoms with Gasteiger partial charge in [-0.3, -0.25) is 0 Å². The Morgan fingerprint density at radius 1 is 1.73 bits per heavy atom. The van der Waals surface area contributed by atoms with E-state index in [1.165, 1.54) is 13.8 Å². The fraction of sp³-hybridized carbons (Fsp3) is 0.571. The lowest BCUT2D eigenvalue weighted by Gasteiger charge is -2.14. The van der Waals surface area contributed by atoms with Gasteiger partial charge in [0, 0.05) is 5.57 Å². The second kappa shape index (κ2) is 4.10. The van der Waals surface area contributed by atoms with Crippen LogP contribution in [0.2, 0.25) is 0 Å². The highest BCUT2D eigenvalue weighted by molar-refractivity contribution is 5.87. The minimum atomic E-state index is -1.25. The van der Waals surface area contributed by atoms with Gasteiger partial charge in [-0.25, -0.2) is 4.79 Å². The standard InChI is InChI=1S/C7H13NO3/c1-4(2)6(9)11-7(10)5(3)8/h5,7,10H,1,8H2,2-3H3. The Labute approximate surface area is 65.6 Å². The molecule has 0 aromatic carbocycles. The normalized spacial score (nSPS) is 15.3. The zero-order chi connectivity index (χ0) is 9.02. The molecular weight excluding hydrogens is 146 g/mol. The molecule has 0 radical (unpaired) electrons. The highest BCUT2D eigenvalue weighted by Crippen LogP contribution is 1.98. The van der Waals surface area contributed by atoms with E-state index in [9.17, 15) is 4.79 Å². The lowest BCUT2D eigenvalue weighted by molar-refractivity contribution is -0.165. The van der Waals surface area contributed by atoms with Gasteiger partial charge in [-0.1, -0.05) is 6.58 Å². The van der Waals surface area contributed by atoms with E-state index in [0.717, 1.165) is 0 Å². The van der Waals surface area contributed by atoms with Crippen molar-refractivity contribution in [1.82, 2.24) is 0 Å². The molecule has 4 nitrogen and oxygen atoms in total. The molecule has 2 unspecified atom stereocenters. The number of carbonyl (C=O) groups excluding carboxylic acids is 1. The summed E-state index contributed by atoms with van der Waals surface area (Å²) < 4.78 is 4.47. The summed E-state index contributed by atoms with van der Waals surface area (Å²) in [6.45, 7) is 6.38. The number of rotatable bonds is 3. The first kappa shape index (κ1) is 10.1. The average molecular weight is 159 g/mol. The van der Waals surface area contributed by atoms with Crippen LogP contribution in [-0.2, 0) is 9.53 Å². The molecule has 0 saturated carbocycles. The van der Waals surface area contributed by atoms with Crippen molar-refractivity contribution in [3.05, 3.63) is 12.2 Å². The Morgan fingerprint density at radius 2 is 2.18 bits per heavy atom. The van der Waals surface area contributed by atoms with Crippen molar-refractivity contribution in [2.75, 3.05) is 0 Å². The van der Waals surface area contributed by atoms with Crippen molar-refractivity contribution < 1.29 is 14.6 Å². The van der Waals surface area contributed by atoms with Gasteiger partial charge in [-0.2, -0.15) is 0 Å². The molecular formula is C7H13NO3. The second-order valence-corrected chi connectivity index (χ2v) is 2.44. The molecule has 0 aliphatic rings. The SMILES string of the molecule is C=C(C)C(=O)OC(O)C(C)N. The van der Waals surface area contributed by atoms with E-state index < -0.39 is 18.3 Å². The predicted octanol–water partition coefficient (Wildman–Crippen LogP) is -0.229. The number of esters is 1. The molecule has 4 heteroatoms. The minimum absolute atomic E-state index is 0.240. The number of carbonyl (C=O) groups is 1. The van der Waals surface area contributed by atoms with Crippen molar-refractivity contribution in [2.24, 2.45) is 5.73 Å². The predicted molar refractivity (Wildman–Crippen MR) is 40.6 cm³/mol. The van der Waals surface area contributed by atoms with Gasteiger partial charge in [-0.05, 0) is 13.8 Å². The van der Waals surface area contributed by atoms with Crippen LogP contribution in [0.3, 0.4) is 0 Å². The first-order chi connectivity index (χ1) is 4.95. The van der Waals surface area contributed by atoms with Crippen molar-refractivity contribution >= 4 is 5.97 Å². The van der Waals surface area contributed by atoms with Gasteiger partial charge in [0.05, 0.1) is 6.04 Å². The van der Waals surface area contributed by atoms with Crippen molar-refractivity contribution in [3.63, 3.8) is 0 Å². The molecule has 0 fully saturated rings. The van der Waals surface area contributed by atoms with Crippen LogP contribution in [0.4, 0.5) is 0 Å². The highest BCUT2D eigenvalue weighted by atomic mass is 16.6. The van der Waals surface area contributed by atoms with Gasteiger partial charge in [0.25, 0.3) is 0 Å². The Hall–Kier alpha value is -0.870. The number of aliphatic hydroxyl groups excluding tert-OH is 1. The third-order valence-corrected chi connectivity index (χ3v) is 1.03. The van der Waals surface area contributed by atoms with Crippen LogP contribution in [0, 0.1) is 0 Å². The van der Waals surface area contributed by atoms with Gasteiger partial charge in [0.1, 0.15) is 0 Å². The molecule has 11 heavy (non-hydrogen) atoms. The third-order valence-electron chi connectivity index (χ3n) is 1.03. The zero-order valence-corrected chi connectivity index (χ0v) is 6.70. The van der Waals surface area contributed by atoms with Gasteiger partial charge in [-0.15, -0.1) is 0 Å². The lowest BCUT2D eigenvalue weighted by atomic mass is 10.3. The van der Waals surface area contributed by atoms with E-state index in [-0.39, 0.29) is 5.57 Å². The van der Waals surface area contributed by atoms with Gasteiger partial charge in [0.15, 0.2) is 0 Å². The first-order valence-electron chi connectivity index (χ1n) is 3.25. The maximum Gasteiger partial charge on any atom is 0.335 e. The van der Waals surface area contributed by atoms with E-state index in [2.05, 4.69) is 11.3 Å². The van der Waals surface area contributed by atoms with E-state index in [0.29, 0.717) is 0 Å². The van der Waals surface area contributed by atoms with E-state index in [1.807, 2.05) is 0 Å². The number of hydrogen-bond donors (Lipinski definition) is 2. The summed E-state index contributed by atoms with van der Waals surface area (Å²) in [5.74, 6) is -0.630. The van der Waals surface area contributed by atoms with Crippen molar-refractivity contribution in [2.45, 2.75) is 26.2 Å². The topological polar surface area (TPSA) is 72.5 Å². The summed E-state index contributed by atoms with van der Waals surface area (Å²) in [5, 5.41) is 8.94. The van der Waals surface area contributed by atoms with Gasteiger partial charge in [0.2, 0.25) is 6.29 Å². The zero-order valence-electron chi connectivity index (χ0n) is 6.70.